The van der Waals surface area contributed by atoms with E-state index < -0.39 is 4.92 Å². The molecule has 24 heavy (non-hydrogen) atoms. The number of carbonyl (C=O) groups excluding carboxylic acids is 2. The van der Waals surface area contributed by atoms with E-state index in [0.717, 1.165) is 19.4 Å². The Morgan fingerprint density at radius 2 is 2.17 bits per heavy atom. The van der Waals surface area contributed by atoms with Gasteiger partial charge in [-0.1, -0.05) is 6.07 Å². The third kappa shape index (κ3) is 3.38. The van der Waals surface area contributed by atoms with Gasteiger partial charge in [-0.15, -0.1) is 0 Å². The second-order valence-electron chi connectivity index (χ2n) is 6.12. The normalized spacial score (nSPS) is 21.7. The van der Waals surface area contributed by atoms with E-state index in [1.165, 1.54) is 18.2 Å². The maximum Gasteiger partial charge on any atom is 0.270 e. The number of carbonyl (C=O) groups is 2. The largest absolute Gasteiger partial charge is 0.337 e. The Hall–Kier alpha value is -2.48. The molecule has 0 saturated carbocycles. The van der Waals surface area contributed by atoms with Crippen molar-refractivity contribution in [3.8, 4) is 0 Å². The van der Waals surface area contributed by atoms with Gasteiger partial charge in [0, 0.05) is 49.9 Å². The average molecular weight is 332 g/mol. The van der Waals surface area contributed by atoms with Gasteiger partial charge in [-0.25, -0.2) is 0 Å². The summed E-state index contributed by atoms with van der Waals surface area (Å²) >= 11 is 0. The number of hydrogen-bond acceptors (Lipinski definition) is 5. The first-order valence-corrected chi connectivity index (χ1v) is 8.10. The molecule has 1 N–H and O–H groups in total. The van der Waals surface area contributed by atoms with Crippen LogP contribution in [0.1, 0.15) is 23.2 Å². The lowest BCUT2D eigenvalue weighted by Gasteiger charge is -2.41. The smallest absolute Gasteiger partial charge is 0.270 e. The van der Waals surface area contributed by atoms with Crippen LogP contribution in [0.5, 0.6) is 0 Å². The van der Waals surface area contributed by atoms with E-state index in [4.69, 9.17) is 0 Å². The number of amides is 2. The molecule has 0 spiro atoms. The molecule has 2 aliphatic rings. The van der Waals surface area contributed by atoms with Gasteiger partial charge < -0.3 is 15.1 Å². The molecule has 1 atom stereocenters. The fourth-order valence-corrected chi connectivity index (χ4v) is 3.34. The van der Waals surface area contributed by atoms with Crippen LogP contribution in [0.25, 0.3) is 0 Å². The van der Waals surface area contributed by atoms with Crippen LogP contribution in [-0.4, -0.2) is 65.3 Å². The second kappa shape index (κ2) is 6.96. The van der Waals surface area contributed by atoms with E-state index in [9.17, 15) is 19.7 Å². The summed E-state index contributed by atoms with van der Waals surface area (Å²) in [5.74, 6) is -0.151. The number of piperidine rings is 1. The molecule has 3 rings (SSSR count). The molecule has 1 aromatic carbocycles. The molecule has 8 nitrogen and oxygen atoms in total. The Morgan fingerprint density at radius 3 is 2.92 bits per heavy atom. The summed E-state index contributed by atoms with van der Waals surface area (Å²) in [5.41, 5.74) is 0.225. The van der Waals surface area contributed by atoms with E-state index in [2.05, 4.69) is 5.32 Å². The molecule has 2 saturated heterocycles. The molecule has 1 unspecified atom stereocenters. The van der Waals surface area contributed by atoms with Crippen LogP contribution in [0.4, 0.5) is 5.69 Å². The van der Waals surface area contributed by atoms with Crippen molar-refractivity contribution in [1.82, 2.24) is 15.1 Å². The molecule has 2 fully saturated rings. The maximum absolute atomic E-state index is 12.7. The quantitative estimate of drug-likeness (QED) is 0.647. The van der Waals surface area contributed by atoms with Gasteiger partial charge in [0.15, 0.2) is 0 Å². The predicted octanol–water partition coefficient (Wildman–Crippen LogP) is 0.631. The summed E-state index contributed by atoms with van der Waals surface area (Å²) in [6.45, 7) is 2.85. The van der Waals surface area contributed by atoms with Gasteiger partial charge in [0.25, 0.3) is 11.6 Å². The van der Waals surface area contributed by atoms with Crippen molar-refractivity contribution in [1.29, 1.82) is 0 Å². The van der Waals surface area contributed by atoms with Crippen molar-refractivity contribution >= 4 is 17.5 Å². The highest BCUT2D eigenvalue weighted by atomic mass is 16.6. The molecule has 1 aromatic rings. The highest BCUT2D eigenvalue weighted by molar-refractivity contribution is 5.95. The van der Waals surface area contributed by atoms with E-state index in [-0.39, 0.29) is 23.5 Å². The molecule has 2 amide bonds. The van der Waals surface area contributed by atoms with Gasteiger partial charge in [0.2, 0.25) is 5.91 Å². The lowest BCUT2D eigenvalue weighted by Crippen LogP contribution is -2.57. The zero-order chi connectivity index (χ0) is 17.1. The minimum absolute atomic E-state index is 0.0241. The lowest BCUT2D eigenvalue weighted by atomic mass is 10.0. The lowest BCUT2D eigenvalue weighted by molar-refractivity contribution is -0.384. The standard InChI is InChI=1S/C16H20N4O4/c21-15-10-17-6-8-19(15)14-5-2-7-18(11-14)16(22)12-3-1-4-13(9-12)20(23)24/h1,3-4,9,14,17H,2,5-8,10-11H2. The third-order valence-corrected chi connectivity index (χ3v) is 4.55. The Labute approximate surface area is 139 Å². The van der Waals surface area contributed by atoms with Crippen LogP contribution in [-0.2, 0) is 4.79 Å². The SMILES string of the molecule is O=C(c1cccc([N+](=O)[O-])c1)N1CCCC(N2CCNCC2=O)C1. The van der Waals surface area contributed by atoms with Gasteiger partial charge in [0.05, 0.1) is 11.5 Å². The van der Waals surface area contributed by atoms with Crippen LogP contribution < -0.4 is 5.32 Å². The number of nitrogens with one attached hydrogen (secondary N) is 1. The number of piperazine rings is 1. The van der Waals surface area contributed by atoms with Crippen LogP contribution in [0.15, 0.2) is 24.3 Å². The first kappa shape index (κ1) is 16.4. The maximum atomic E-state index is 12.7. The average Bonchev–Trinajstić information content (AvgIpc) is 2.61. The summed E-state index contributed by atoms with van der Waals surface area (Å²) in [7, 11) is 0. The molecule has 0 bridgehead atoms. The van der Waals surface area contributed by atoms with E-state index in [1.807, 2.05) is 4.90 Å². The van der Waals surface area contributed by atoms with Crippen molar-refractivity contribution in [3.05, 3.63) is 39.9 Å². The number of hydrogen-bond donors (Lipinski definition) is 1. The molecule has 0 aliphatic carbocycles. The van der Waals surface area contributed by atoms with E-state index >= 15 is 0 Å². The zero-order valence-electron chi connectivity index (χ0n) is 13.3. The molecule has 128 valence electrons. The van der Waals surface area contributed by atoms with Gasteiger partial charge >= 0.3 is 0 Å². The van der Waals surface area contributed by atoms with Gasteiger partial charge in [0.1, 0.15) is 0 Å². The minimum atomic E-state index is -0.505. The number of rotatable bonds is 3. The number of non-ortho nitro benzene ring substituents is 1. The molecule has 8 heteroatoms. The fourth-order valence-electron chi connectivity index (χ4n) is 3.34. The number of nitrogens with zero attached hydrogens (tertiary/aromatic N) is 3. The summed E-state index contributed by atoms with van der Waals surface area (Å²) in [4.78, 5) is 38.6. The van der Waals surface area contributed by atoms with Crippen molar-refractivity contribution < 1.29 is 14.5 Å². The van der Waals surface area contributed by atoms with Crippen LogP contribution in [0, 0.1) is 10.1 Å². The second-order valence-corrected chi connectivity index (χ2v) is 6.12. The molecular weight excluding hydrogens is 312 g/mol. The molecular formula is C16H20N4O4. The Bertz CT molecular complexity index is 663. The Morgan fingerprint density at radius 1 is 1.33 bits per heavy atom. The van der Waals surface area contributed by atoms with Crippen LogP contribution >= 0.6 is 0 Å². The van der Waals surface area contributed by atoms with E-state index in [0.29, 0.717) is 31.7 Å². The number of nitro groups is 1. The third-order valence-electron chi connectivity index (χ3n) is 4.55. The number of benzene rings is 1. The van der Waals surface area contributed by atoms with Crippen LogP contribution in [0.2, 0.25) is 0 Å². The van der Waals surface area contributed by atoms with Gasteiger partial charge in [-0.3, -0.25) is 19.7 Å². The predicted molar refractivity (Wildman–Crippen MR) is 86.6 cm³/mol. The molecule has 0 radical (unpaired) electrons. The van der Waals surface area contributed by atoms with E-state index in [1.54, 1.807) is 11.0 Å². The monoisotopic (exact) mass is 332 g/mol. The minimum Gasteiger partial charge on any atom is -0.337 e. The zero-order valence-corrected chi connectivity index (χ0v) is 13.3. The Balaban J connectivity index is 1.72. The molecule has 0 aromatic heterocycles. The first-order valence-electron chi connectivity index (χ1n) is 8.10. The van der Waals surface area contributed by atoms with Crippen molar-refractivity contribution in [2.24, 2.45) is 0 Å². The topological polar surface area (TPSA) is 95.8 Å². The Kier molecular flexibility index (Phi) is 4.75. The highest BCUT2D eigenvalue weighted by Crippen LogP contribution is 2.20. The summed E-state index contributed by atoms with van der Waals surface area (Å²) < 4.78 is 0. The molecule has 2 aliphatic heterocycles. The number of likely N-dealkylation sites (tertiary alicyclic amines) is 1. The first-order chi connectivity index (χ1) is 11.6. The van der Waals surface area contributed by atoms with Crippen molar-refractivity contribution in [2.45, 2.75) is 18.9 Å². The van der Waals surface area contributed by atoms with Gasteiger partial charge in [-0.05, 0) is 18.9 Å². The summed E-state index contributed by atoms with van der Waals surface area (Å²) in [5, 5.41) is 13.9. The highest BCUT2D eigenvalue weighted by Gasteiger charge is 2.32. The summed E-state index contributed by atoms with van der Waals surface area (Å²) in [6, 6.07) is 5.81. The fraction of sp³-hybridized carbons (Fsp3) is 0.500. The van der Waals surface area contributed by atoms with Crippen LogP contribution in [0.3, 0.4) is 0 Å². The van der Waals surface area contributed by atoms with Crippen molar-refractivity contribution in [3.63, 3.8) is 0 Å². The van der Waals surface area contributed by atoms with Crippen molar-refractivity contribution in [2.75, 3.05) is 32.7 Å². The molecule has 2 heterocycles. The number of nitro benzene ring substituents is 1. The van der Waals surface area contributed by atoms with Gasteiger partial charge in [-0.2, -0.15) is 0 Å². The summed E-state index contributed by atoms with van der Waals surface area (Å²) in [6.07, 6.45) is 1.70.